The number of carbonyl (C=O) groups excluding carboxylic acids is 2. The molecule has 1 aliphatic carbocycles. The summed E-state index contributed by atoms with van der Waals surface area (Å²) in [4.78, 5) is 28.1. The van der Waals surface area contributed by atoms with E-state index in [1.165, 1.54) is 6.92 Å². The average molecular weight is 767 g/mol. The molecule has 0 aliphatic heterocycles. The van der Waals surface area contributed by atoms with Gasteiger partial charge in [-0.1, -0.05) is 163 Å². The highest BCUT2D eigenvalue weighted by molar-refractivity contribution is 7.00. The molecular formula is C45H58O7Si2. The maximum absolute atomic E-state index is 14.8. The third-order valence-corrected chi connectivity index (χ3v) is 20.7. The van der Waals surface area contributed by atoms with E-state index in [0.29, 0.717) is 6.61 Å². The van der Waals surface area contributed by atoms with Gasteiger partial charge in [0.1, 0.15) is 5.78 Å². The molecule has 288 valence electrons. The Bertz CT molecular complexity index is 1710. The lowest BCUT2D eigenvalue weighted by molar-refractivity contribution is -0.185. The summed E-state index contributed by atoms with van der Waals surface area (Å²) in [6, 6.07) is 41.2. The van der Waals surface area contributed by atoms with Crippen molar-refractivity contribution in [2.45, 2.75) is 103 Å². The second kappa shape index (κ2) is 17.4. The van der Waals surface area contributed by atoms with Crippen molar-refractivity contribution in [2.24, 2.45) is 5.92 Å². The van der Waals surface area contributed by atoms with Gasteiger partial charge in [0.2, 0.25) is 0 Å². The minimum Gasteiger partial charge on any atom is -0.457 e. The van der Waals surface area contributed by atoms with Crippen molar-refractivity contribution in [2.75, 3.05) is 13.2 Å². The van der Waals surface area contributed by atoms with Crippen LogP contribution in [-0.4, -0.2) is 66.2 Å². The summed E-state index contributed by atoms with van der Waals surface area (Å²) in [5, 5.41) is 3.43. The smallest absolute Gasteiger partial charge is 0.303 e. The first-order valence-electron chi connectivity index (χ1n) is 19.2. The van der Waals surface area contributed by atoms with Gasteiger partial charge in [-0.15, -0.1) is 0 Å². The highest BCUT2D eigenvalue weighted by Gasteiger charge is 2.59. The van der Waals surface area contributed by atoms with Crippen molar-refractivity contribution < 1.29 is 32.7 Å². The zero-order valence-electron chi connectivity index (χ0n) is 33.4. The summed E-state index contributed by atoms with van der Waals surface area (Å²) in [6.07, 6.45) is -3.16. The number of ketones is 1. The lowest BCUT2D eigenvalue weighted by atomic mass is 9.82. The lowest BCUT2D eigenvalue weighted by Crippen LogP contribution is -2.73. The molecule has 0 amide bonds. The molecule has 5 rings (SSSR count). The molecule has 1 aliphatic rings. The first kappa shape index (κ1) is 41.5. The van der Waals surface area contributed by atoms with Crippen molar-refractivity contribution in [3.05, 3.63) is 121 Å². The number of benzene rings is 4. The molecular weight excluding hydrogens is 709 g/mol. The van der Waals surface area contributed by atoms with Crippen molar-refractivity contribution >= 4 is 49.1 Å². The van der Waals surface area contributed by atoms with Crippen molar-refractivity contribution in [1.29, 1.82) is 0 Å². The zero-order valence-corrected chi connectivity index (χ0v) is 35.4. The standard InChI is InChI=1S/C45H58O7Si2/c1-10-48-34(3)49-32-39-40(47)31-41(51-53(44(4,5)6,35-23-15-11-16-24-35)36-25-17-12-18-26-36)43(50-33(2)46)42(39)52-54(45(7,8)9,37-27-19-13-20-28-37)38-29-21-14-22-30-38/h11-30,34,39,41-43H,10,31-32H2,1-9H3. The van der Waals surface area contributed by atoms with E-state index < -0.39 is 58.2 Å². The van der Waals surface area contributed by atoms with Crippen LogP contribution in [0.4, 0.5) is 0 Å². The fraction of sp³-hybridized carbons (Fsp3) is 0.422. The van der Waals surface area contributed by atoms with Gasteiger partial charge in [0, 0.05) is 20.0 Å². The molecule has 1 fully saturated rings. The number of ether oxygens (including phenoxy) is 3. The van der Waals surface area contributed by atoms with E-state index in [4.69, 9.17) is 23.1 Å². The second-order valence-electron chi connectivity index (χ2n) is 16.3. The van der Waals surface area contributed by atoms with Crippen molar-refractivity contribution in [1.82, 2.24) is 0 Å². The molecule has 5 atom stereocenters. The summed E-state index contributed by atoms with van der Waals surface area (Å²) in [7, 11) is -6.52. The van der Waals surface area contributed by atoms with Gasteiger partial charge in [-0.2, -0.15) is 0 Å². The summed E-state index contributed by atoms with van der Waals surface area (Å²) in [5.74, 6) is -1.30. The van der Waals surface area contributed by atoms with E-state index in [9.17, 15) is 9.59 Å². The fourth-order valence-corrected chi connectivity index (χ4v) is 17.6. The topological polar surface area (TPSA) is 80.3 Å². The van der Waals surface area contributed by atoms with Crippen LogP contribution >= 0.6 is 0 Å². The Morgan fingerprint density at radius 3 is 1.39 bits per heavy atom. The highest BCUT2D eigenvalue weighted by atomic mass is 28.4. The summed E-state index contributed by atoms with van der Waals surface area (Å²) >= 11 is 0. The fourth-order valence-electron chi connectivity index (χ4n) is 8.21. The van der Waals surface area contributed by atoms with E-state index in [0.717, 1.165) is 20.7 Å². The van der Waals surface area contributed by atoms with Crippen LogP contribution in [0.1, 0.15) is 68.7 Å². The predicted molar refractivity (Wildman–Crippen MR) is 221 cm³/mol. The first-order valence-corrected chi connectivity index (χ1v) is 23.0. The molecule has 0 heterocycles. The van der Waals surface area contributed by atoms with Gasteiger partial charge in [-0.05, 0) is 44.7 Å². The zero-order chi connectivity index (χ0) is 39.1. The van der Waals surface area contributed by atoms with E-state index in [1.807, 2.05) is 86.6 Å². The molecule has 7 nitrogen and oxygen atoms in total. The molecule has 0 aromatic heterocycles. The Balaban J connectivity index is 1.76. The quantitative estimate of drug-likeness (QED) is 0.0795. The molecule has 1 saturated carbocycles. The minimum atomic E-state index is -3.30. The molecule has 0 saturated heterocycles. The Morgan fingerprint density at radius 2 is 1.04 bits per heavy atom. The molecule has 0 bridgehead atoms. The monoisotopic (exact) mass is 766 g/mol. The third kappa shape index (κ3) is 8.57. The number of Topliss-reactive ketones (excluding diaryl/α,β-unsaturated/α-hetero) is 1. The number of hydrogen-bond acceptors (Lipinski definition) is 7. The molecule has 5 unspecified atom stereocenters. The van der Waals surface area contributed by atoms with Gasteiger partial charge in [-0.25, -0.2) is 0 Å². The first-order chi connectivity index (χ1) is 25.7. The molecule has 4 aromatic carbocycles. The van der Waals surface area contributed by atoms with Gasteiger partial charge in [0.05, 0.1) is 24.7 Å². The van der Waals surface area contributed by atoms with Crippen molar-refractivity contribution in [3.8, 4) is 0 Å². The van der Waals surface area contributed by atoms with Crippen LogP contribution in [0, 0.1) is 5.92 Å². The molecule has 54 heavy (non-hydrogen) atoms. The van der Waals surface area contributed by atoms with E-state index in [2.05, 4.69) is 90.1 Å². The van der Waals surface area contributed by atoms with Crippen LogP contribution in [-0.2, 0) is 32.7 Å². The van der Waals surface area contributed by atoms with Crippen LogP contribution in [0.25, 0.3) is 0 Å². The number of carbonyl (C=O) groups is 2. The summed E-state index contributed by atoms with van der Waals surface area (Å²) < 4.78 is 33.9. The largest absolute Gasteiger partial charge is 0.457 e. The van der Waals surface area contributed by atoms with Crippen LogP contribution in [0.15, 0.2) is 121 Å². The molecule has 0 spiro atoms. The maximum atomic E-state index is 14.8. The second-order valence-corrected chi connectivity index (χ2v) is 24.8. The van der Waals surface area contributed by atoms with E-state index in [-0.39, 0.29) is 23.8 Å². The summed E-state index contributed by atoms with van der Waals surface area (Å²) in [6.45, 7) is 18.8. The van der Waals surface area contributed by atoms with Crippen LogP contribution < -0.4 is 20.7 Å². The minimum absolute atomic E-state index is 0.0279. The van der Waals surface area contributed by atoms with Gasteiger partial charge >= 0.3 is 5.97 Å². The Kier molecular flexibility index (Phi) is 13.4. The van der Waals surface area contributed by atoms with Gasteiger partial charge in [-0.3, -0.25) is 9.59 Å². The number of rotatable bonds is 14. The Hall–Kier alpha value is -3.71. The predicted octanol–water partition coefficient (Wildman–Crippen LogP) is 6.80. The van der Waals surface area contributed by atoms with Gasteiger partial charge < -0.3 is 23.1 Å². The maximum Gasteiger partial charge on any atom is 0.303 e. The SMILES string of the molecule is CCOC(C)OCC1C(=O)CC(O[Si](c2ccccc2)(c2ccccc2)C(C)(C)C)C(OC(C)=O)C1O[Si](c1ccccc1)(c1ccccc1)C(C)(C)C. The lowest BCUT2D eigenvalue weighted by Gasteiger charge is -2.52. The highest BCUT2D eigenvalue weighted by Crippen LogP contribution is 2.44. The average Bonchev–Trinajstić information content (AvgIpc) is 3.14. The van der Waals surface area contributed by atoms with E-state index in [1.54, 1.807) is 0 Å². The molecule has 0 N–H and O–H groups in total. The van der Waals surface area contributed by atoms with Crippen molar-refractivity contribution in [3.63, 3.8) is 0 Å². The summed E-state index contributed by atoms with van der Waals surface area (Å²) in [5.41, 5.74) is 0. The van der Waals surface area contributed by atoms with Crippen LogP contribution in [0.5, 0.6) is 0 Å². The Labute approximate surface area is 324 Å². The molecule has 4 aromatic rings. The van der Waals surface area contributed by atoms with Crippen LogP contribution in [0.2, 0.25) is 10.1 Å². The number of esters is 1. The molecule has 0 radical (unpaired) electrons. The third-order valence-electron chi connectivity index (χ3n) is 10.6. The van der Waals surface area contributed by atoms with Gasteiger partial charge in [0.25, 0.3) is 16.6 Å². The normalized spacial score (nSPS) is 20.4. The number of hydrogen-bond donors (Lipinski definition) is 0. The van der Waals surface area contributed by atoms with Gasteiger partial charge in [0.15, 0.2) is 12.4 Å². The van der Waals surface area contributed by atoms with E-state index >= 15 is 0 Å². The van der Waals surface area contributed by atoms with Crippen LogP contribution in [0.3, 0.4) is 0 Å². The Morgan fingerprint density at radius 1 is 0.648 bits per heavy atom. The molecule has 9 heteroatoms.